The highest BCUT2D eigenvalue weighted by Gasteiger charge is 2.14. The van der Waals surface area contributed by atoms with Crippen molar-refractivity contribution in [2.24, 2.45) is 0 Å². The van der Waals surface area contributed by atoms with Crippen LogP contribution in [0.3, 0.4) is 0 Å². The Labute approximate surface area is 93.5 Å². The second-order valence-electron chi connectivity index (χ2n) is 3.69. The molecule has 4 nitrogen and oxygen atoms in total. The average Bonchev–Trinajstić information content (AvgIpc) is 2.20. The van der Waals surface area contributed by atoms with Crippen molar-refractivity contribution in [3.05, 3.63) is 23.6 Å². The molecule has 0 radical (unpaired) electrons. The second kappa shape index (κ2) is 5.44. The van der Waals surface area contributed by atoms with Crippen molar-refractivity contribution >= 4 is 11.8 Å². The van der Waals surface area contributed by atoms with Crippen LogP contribution in [0.25, 0.3) is 0 Å². The molecule has 0 saturated carbocycles. The lowest BCUT2D eigenvalue weighted by molar-refractivity contribution is 0.0697. The van der Waals surface area contributed by atoms with Gasteiger partial charge in [-0.25, -0.2) is 14.2 Å². The molecule has 0 fully saturated rings. The number of nitrogens with zero attached hydrogens (tertiary/aromatic N) is 1. The number of hydrogen-bond donors (Lipinski definition) is 2. The number of halogens is 1. The first-order chi connectivity index (χ1) is 7.54. The van der Waals surface area contributed by atoms with Crippen LogP contribution in [0.1, 0.15) is 37.0 Å². The van der Waals surface area contributed by atoms with Crippen molar-refractivity contribution in [2.45, 2.75) is 32.7 Å². The molecule has 0 aromatic carbocycles. The van der Waals surface area contributed by atoms with Crippen molar-refractivity contribution in [1.82, 2.24) is 4.98 Å². The molecule has 0 saturated heterocycles. The van der Waals surface area contributed by atoms with E-state index in [-0.39, 0.29) is 17.4 Å². The van der Waals surface area contributed by atoms with E-state index in [0.29, 0.717) is 0 Å². The Morgan fingerprint density at radius 1 is 1.69 bits per heavy atom. The van der Waals surface area contributed by atoms with Gasteiger partial charge in [-0.2, -0.15) is 0 Å². The van der Waals surface area contributed by atoms with E-state index < -0.39 is 11.8 Å². The molecule has 1 atom stereocenters. The van der Waals surface area contributed by atoms with Crippen LogP contribution in [-0.2, 0) is 0 Å². The van der Waals surface area contributed by atoms with Crippen molar-refractivity contribution < 1.29 is 14.3 Å². The normalized spacial score (nSPS) is 12.2. The quantitative estimate of drug-likeness (QED) is 0.809. The molecule has 1 aromatic rings. The van der Waals surface area contributed by atoms with Gasteiger partial charge in [-0.15, -0.1) is 0 Å². The van der Waals surface area contributed by atoms with Crippen molar-refractivity contribution in [3.63, 3.8) is 0 Å². The summed E-state index contributed by atoms with van der Waals surface area (Å²) in [5, 5.41) is 11.8. The number of pyridine rings is 1. The summed E-state index contributed by atoms with van der Waals surface area (Å²) in [6, 6.07) is 1.08. The van der Waals surface area contributed by atoms with E-state index in [1.807, 2.05) is 13.8 Å². The summed E-state index contributed by atoms with van der Waals surface area (Å²) in [5.41, 5.74) is -0.136. The Morgan fingerprint density at radius 2 is 2.38 bits per heavy atom. The molecule has 1 rings (SSSR count). The lowest BCUT2D eigenvalue weighted by Crippen LogP contribution is -2.18. The van der Waals surface area contributed by atoms with Gasteiger partial charge in [0.15, 0.2) is 0 Å². The van der Waals surface area contributed by atoms with E-state index in [2.05, 4.69) is 10.3 Å². The molecule has 0 spiro atoms. The summed E-state index contributed by atoms with van der Waals surface area (Å²) < 4.78 is 12.8. The van der Waals surface area contributed by atoms with Crippen molar-refractivity contribution in [3.8, 4) is 0 Å². The first kappa shape index (κ1) is 12.4. The molecular weight excluding hydrogens is 211 g/mol. The minimum absolute atomic E-state index is 0.112. The molecular formula is C11H15FN2O2. The lowest BCUT2D eigenvalue weighted by Gasteiger charge is -2.14. The van der Waals surface area contributed by atoms with Crippen molar-refractivity contribution in [2.75, 3.05) is 5.32 Å². The number of rotatable bonds is 5. The molecule has 88 valence electrons. The summed E-state index contributed by atoms with van der Waals surface area (Å²) in [6.45, 7) is 3.97. The van der Waals surface area contributed by atoms with Gasteiger partial charge >= 0.3 is 5.97 Å². The molecule has 16 heavy (non-hydrogen) atoms. The number of carbonyl (C=O) groups is 1. The Morgan fingerprint density at radius 3 is 2.94 bits per heavy atom. The van der Waals surface area contributed by atoms with E-state index in [4.69, 9.17) is 5.11 Å². The third-order valence-corrected chi connectivity index (χ3v) is 2.19. The smallest absolute Gasteiger partial charge is 0.339 e. The Kier molecular flexibility index (Phi) is 4.22. The van der Waals surface area contributed by atoms with Gasteiger partial charge in [-0.1, -0.05) is 13.3 Å². The molecule has 1 heterocycles. The minimum atomic E-state index is -1.18. The summed E-state index contributed by atoms with van der Waals surface area (Å²) in [6.07, 6.45) is 2.89. The van der Waals surface area contributed by atoms with Crippen LogP contribution in [-0.4, -0.2) is 22.1 Å². The van der Waals surface area contributed by atoms with Gasteiger partial charge in [-0.05, 0) is 19.4 Å². The number of aromatic nitrogens is 1. The van der Waals surface area contributed by atoms with Gasteiger partial charge in [0.05, 0.1) is 6.20 Å². The maximum Gasteiger partial charge on any atom is 0.339 e. The van der Waals surface area contributed by atoms with E-state index in [1.54, 1.807) is 0 Å². The van der Waals surface area contributed by atoms with Crippen LogP contribution in [0, 0.1) is 5.82 Å². The third-order valence-electron chi connectivity index (χ3n) is 2.19. The fourth-order valence-electron chi connectivity index (χ4n) is 1.46. The third kappa shape index (κ3) is 3.18. The summed E-state index contributed by atoms with van der Waals surface area (Å²) in [5.74, 6) is -1.61. The first-order valence-corrected chi connectivity index (χ1v) is 5.20. The zero-order chi connectivity index (χ0) is 12.1. The van der Waals surface area contributed by atoms with Gasteiger partial charge in [0.2, 0.25) is 0 Å². The molecule has 1 unspecified atom stereocenters. The highest BCUT2D eigenvalue weighted by atomic mass is 19.1. The van der Waals surface area contributed by atoms with Gasteiger partial charge in [0.1, 0.15) is 17.2 Å². The van der Waals surface area contributed by atoms with Crippen LogP contribution >= 0.6 is 0 Å². The molecule has 0 aliphatic carbocycles. The predicted octanol–water partition coefficient (Wildman–Crippen LogP) is 2.52. The number of nitrogens with one attached hydrogen (secondary N) is 1. The van der Waals surface area contributed by atoms with E-state index in [1.165, 1.54) is 0 Å². The first-order valence-electron chi connectivity index (χ1n) is 5.20. The number of hydrogen-bond acceptors (Lipinski definition) is 3. The minimum Gasteiger partial charge on any atom is -0.478 e. The lowest BCUT2D eigenvalue weighted by atomic mass is 10.2. The zero-order valence-corrected chi connectivity index (χ0v) is 9.33. The molecule has 2 N–H and O–H groups in total. The fraction of sp³-hybridized carbons (Fsp3) is 0.455. The highest BCUT2D eigenvalue weighted by molar-refractivity contribution is 5.93. The standard InChI is InChI=1S/C11H15FN2O2/c1-3-4-7(2)14-10-9(11(15)16)5-8(12)6-13-10/h5-7H,3-4H2,1-2H3,(H,13,14)(H,15,16). The number of anilines is 1. The zero-order valence-electron chi connectivity index (χ0n) is 9.33. The fourth-order valence-corrected chi connectivity index (χ4v) is 1.46. The summed E-state index contributed by atoms with van der Waals surface area (Å²) >= 11 is 0. The van der Waals surface area contributed by atoms with E-state index >= 15 is 0 Å². The SMILES string of the molecule is CCCC(C)Nc1ncc(F)cc1C(=O)O. The Bertz CT molecular complexity index is 382. The van der Waals surface area contributed by atoms with Crippen molar-refractivity contribution in [1.29, 1.82) is 0 Å². The Balaban J connectivity index is 2.90. The molecule has 0 aliphatic heterocycles. The van der Waals surface area contributed by atoms with Crippen LogP contribution in [0.2, 0.25) is 0 Å². The topological polar surface area (TPSA) is 62.2 Å². The van der Waals surface area contributed by atoms with E-state index in [9.17, 15) is 9.18 Å². The molecule has 0 bridgehead atoms. The predicted molar refractivity (Wildman–Crippen MR) is 59.1 cm³/mol. The van der Waals surface area contributed by atoms with Crippen LogP contribution in [0.5, 0.6) is 0 Å². The van der Waals surface area contributed by atoms with Gasteiger partial charge in [-0.3, -0.25) is 0 Å². The molecule has 0 aliphatic rings. The maximum absolute atomic E-state index is 12.8. The monoisotopic (exact) mass is 226 g/mol. The molecule has 1 aromatic heterocycles. The summed E-state index contributed by atoms with van der Waals surface area (Å²) in [7, 11) is 0. The summed E-state index contributed by atoms with van der Waals surface area (Å²) in [4.78, 5) is 14.6. The van der Waals surface area contributed by atoms with Gasteiger partial charge < -0.3 is 10.4 Å². The van der Waals surface area contributed by atoms with Gasteiger partial charge in [0, 0.05) is 6.04 Å². The maximum atomic E-state index is 12.8. The van der Waals surface area contributed by atoms with Crippen LogP contribution in [0.15, 0.2) is 12.3 Å². The number of carboxylic acid groups (broad SMARTS) is 1. The van der Waals surface area contributed by atoms with E-state index in [0.717, 1.165) is 25.1 Å². The Hall–Kier alpha value is -1.65. The largest absolute Gasteiger partial charge is 0.478 e. The van der Waals surface area contributed by atoms with Gasteiger partial charge in [0.25, 0.3) is 0 Å². The van der Waals surface area contributed by atoms with Crippen LogP contribution in [0.4, 0.5) is 10.2 Å². The average molecular weight is 226 g/mol. The number of carboxylic acids is 1. The molecule has 5 heteroatoms. The second-order valence-corrected chi connectivity index (χ2v) is 3.69. The molecule has 0 amide bonds. The van der Waals surface area contributed by atoms with Crippen LogP contribution < -0.4 is 5.32 Å². The highest BCUT2D eigenvalue weighted by Crippen LogP contribution is 2.15. The number of aromatic carboxylic acids is 1.